The summed E-state index contributed by atoms with van der Waals surface area (Å²) in [5, 5.41) is 3.55. The van der Waals surface area contributed by atoms with Crippen molar-refractivity contribution < 1.29 is 14.3 Å². The highest BCUT2D eigenvalue weighted by atomic mass is 16.5. The lowest BCUT2D eigenvalue weighted by Crippen LogP contribution is -2.32. The number of rotatable bonds is 4. The topological polar surface area (TPSA) is 47.6 Å². The molecular weight excluding hydrogens is 302 g/mol. The number of benzene rings is 2. The Morgan fingerprint density at radius 1 is 1.08 bits per heavy atom. The normalized spacial score (nSPS) is 24.6. The number of carbonyl (C=O) groups excluding carboxylic acids is 1. The Kier molecular flexibility index (Phi) is 3.77. The predicted octanol–water partition coefficient (Wildman–Crippen LogP) is 2.81. The van der Waals surface area contributed by atoms with Crippen LogP contribution in [0.25, 0.3) is 0 Å². The van der Waals surface area contributed by atoms with Gasteiger partial charge in [-0.15, -0.1) is 0 Å². The highest BCUT2D eigenvalue weighted by molar-refractivity contribution is 6.05. The third kappa shape index (κ3) is 2.21. The first-order valence-electron chi connectivity index (χ1n) is 8.31. The van der Waals surface area contributed by atoms with Crippen LogP contribution in [0.1, 0.15) is 27.4 Å². The minimum Gasteiger partial charge on any atom is -0.493 e. The zero-order valence-electron chi connectivity index (χ0n) is 13.9. The second-order valence-electron chi connectivity index (χ2n) is 6.46. The van der Waals surface area contributed by atoms with E-state index in [0.717, 1.165) is 24.1 Å². The summed E-state index contributed by atoms with van der Waals surface area (Å²) < 4.78 is 11.0. The fourth-order valence-electron chi connectivity index (χ4n) is 4.24. The summed E-state index contributed by atoms with van der Waals surface area (Å²) in [6.07, 6.45) is 0.862. The Hall–Kier alpha value is -2.33. The van der Waals surface area contributed by atoms with Crippen LogP contribution in [-0.4, -0.2) is 32.6 Å². The maximum Gasteiger partial charge on any atom is 0.168 e. The molecule has 124 valence electrons. The van der Waals surface area contributed by atoms with Crippen LogP contribution in [-0.2, 0) is 6.42 Å². The SMILES string of the molecule is COc1ccc2c(c1OC)C1CNC(Cc3ccccc3)C1C2=O. The molecule has 4 heteroatoms. The average molecular weight is 323 g/mol. The molecule has 24 heavy (non-hydrogen) atoms. The number of hydrogen-bond donors (Lipinski definition) is 1. The van der Waals surface area contributed by atoms with E-state index < -0.39 is 0 Å². The van der Waals surface area contributed by atoms with Gasteiger partial charge in [-0.05, 0) is 24.1 Å². The lowest BCUT2D eigenvalue weighted by atomic mass is 9.87. The maximum absolute atomic E-state index is 13.0. The van der Waals surface area contributed by atoms with Gasteiger partial charge in [-0.3, -0.25) is 4.79 Å². The van der Waals surface area contributed by atoms with Crippen LogP contribution in [0.5, 0.6) is 11.5 Å². The Balaban J connectivity index is 1.69. The van der Waals surface area contributed by atoms with E-state index in [1.807, 2.05) is 30.3 Å². The third-order valence-electron chi connectivity index (χ3n) is 5.29. The summed E-state index contributed by atoms with van der Waals surface area (Å²) in [4.78, 5) is 13.0. The highest BCUT2D eigenvalue weighted by Gasteiger charge is 2.49. The molecule has 2 aromatic carbocycles. The molecule has 3 atom stereocenters. The van der Waals surface area contributed by atoms with Crippen LogP contribution in [0.3, 0.4) is 0 Å². The molecule has 4 rings (SSSR count). The minimum atomic E-state index is -0.0267. The van der Waals surface area contributed by atoms with Crippen molar-refractivity contribution in [3.63, 3.8) is 0 Å². The summed E-state index contributed by atoms with van der Waals surface area (Å²) in [5.41, 5.74) is 3.06. The zero-order chi connectivity index (χ0) is 16.7. The van der Waals surface area contributed by atoms with E-state index in [4.69, 9.17) is 9.47 Å². The molecule has 2 aromatic rings. The zero-order valence-corrected chi connectivity index (χ0v) is 13.9. The van der Waals surface area contributed by atoms with Crippen LogP contribution in [0.2, 0.25) is 0 Å². The van der Waals surface area contributed by atoms with Crippen molar-refractivity contribution >= 4 is 5.78 Å². The number of Topliss-reactive ketones (excluding diaryl/α,β-unsaturated/α-hetero) is 1. The number of ketones is 1. The van der Waals surface area contributed by atoms with Crippen molar-refractivity contribution in [2.24, 2.45) is 5.92 Å². The molecule has 0 radical (unpaired) electrons. The molecule has 4 nitrogen and oxygen atoms in total. The van der Waals surface area contributed by atoms with E-state index in [1.165, 1.54) is 5.56 Å². The molecule has 0 bridgehead atoms. The van der Waals surface area contributed by atoms with Gasteiger partial charge in [-0.1, -0.05) is 30.3 Å². The predicted molar refractivity (Wildman–Crippen MR) is 92.0 cm³/mol. The molecule has 0 amide bonds. The lowest BCUT2D eigenvalue weighted by Gasteiger charge is -2.17. The summed E-state index contributed by atoms with van der Waals surface area (Å²) >= 11 is 0. The molecule has 1 fully saturated rings. The van der Waals surface area contributed by atoms with Crippen molar-refractivity contribution in [2.45, 2.75) is 18.4 Å². The van der Waals surface area contributed by atoms with E-state index in [0.29, 0.717) is 11.5 Å². The number of fused-ring (bicyclic) bond motifs is 3. The molecule has 1 aliphatic heterocycles. The molecule has 0 aromatic heterocycles. The fraction of sp³-hybridized carbons (Fsp3) is 0.350. The van der Waals surface area contributed by atoms with Crippen molar-refractivity contribution in [3.05, 3.63) is 59.2 Å². The van der Waals surface area contributed by atoms with Gasteiger partial charge in [-0.25, -0.2) is 0 Å². The van der Waals surface area contributed by atoms with Gasteiger partial charge in [0.25, 0.3) is 0 Å². The van der Waals surface area contributed by atoms with Crippen molar-refractivity contribution in [1.29, 1.82) is 0 Å². The van der Waals surface area contributed by atoms with Gasteiger partial charge in [0.15, 0.2) is 17.3 Å². The Labute approximate surface area is 141 Å². The smallest absolute Gasteiger partial charge is 0.168 e. The molecule has 1 aliphatic carbocycles. The largest absolute Gasteiger partial charge is 0.493 e. The lowest BCUT2D eigenvalue weighted by molar-refractivity contribution is 0.0920. The van der Waals surface area contributed by atoms with E-state index in [1.54, 1.807) is 14.2 Å². The van der Waals surface area contributed by atoms with Crippen molar-refractivity contribution in [2.75, 3.05) is 20.8 Å². The van der Waals surface area contributed by atoms with Gasteiger partial charge in [-0.2, -0.15) is 0 Å². The van der Waals surface area contributed by atoms with Crippen molar-refractivity contribution in [3.8, 4) is 11.5 Å². The van der Waals surface area contributed by atoms with Crippen LogP contribution in [0.15, 0.2) is 42.5 Å². The Morgan fingerprint density at radius 3 is 2.58 bits per heavy atom. The van der Waals surface area contributed by atoms with Gasteiger partial charge in [0.05, 0.1) is 14.2 Å². The van der Waals surface area contributed by atoms with E-state index >= 15 is 0 Å². The first-order chi connectivity index (χ1) is 11.7. The number of ether oxygens (including phenoxy) is 2. The van der Waals surface area contributed by atoms with E-state index in [-0.39, 0.29) is 23.7 Å². The average Bonchev–Trinajstić information content (AvgIpc) is 3.15. The molecule has 0 saturated carbocycles. The second-order valence-corrected chi connectivity index (χ2v) is 6.46. The first kappa shape index (κ1) is 15.2. The van der Waals surface area contributed by atoms with E-state index in [2.05, 4.69) is 17.4 Å². The number of hydrogen-bond acceptors (Lipinski definition) is 4. The number of nitrogens with one attached hydrogen (secondary N) is 1. The van der Waals surface area contributed by atoms with Crippen LogP contribution >= 0.6 is 0 Å². The van der Waals surface area contributed by atoms with Crippen LogP contribution in [0.4, 0.5) is 0 Å². The Morgan fingerprint density at radius 2 is 1.88 bits per heavy atom. The third-order valence-corrected chi connectivity index (χ3v) is 5.29. The van der Waals surface area contributed by atoms with Crippen LogP contribution in [0, 0.1) is 5.92 Å². The molecule has 3 unspecified atom stereocenters. The Bertz CT molecular complexity index is 772. The standard InChI is InChI=1S/C20H21NO3/c1-23-16-9-8-13-17(20(16)24-2)14-11-21-15(18(14)19(13)22)10-12-6-4-3-5-7-12/h3-9,14-15,18,21H,10-11H2,1-2H3. The summed E-state index contributed by atoms with van der Waals surface area (Å²) in [7, 11) is 3.27. The minimum absolute atomic E-state index is 0.0267. The molecule has 0 spiro atoms. The second kappa shape index (κ2) is 5.95. The van der Waals surface area contributed by atoms with Gasteiger partial charge in [0.2, 0.25) is 0 Å². The summed E-state index contributed by atoms with van der Waals surface area (Å²) in [6.45, 7) is 0.796. The van der Waals surface area contributed by atoms with Gasteiger partial charge in [0, 0.05) is 35.5 Å². The number of methoxy groups -OCH3 is 2. The molecular formula is C20H21NO3. The highest BCUT2D eigenvalue weighted by Crippen LogP contribution is 2.50. The first-order valence-corrected chi connectivity index (χ1v) is 8.31. The molecule has 1 heterocycles. The van der Waals surface area contributed by atoms with Gasteiger partial charge < -0.3 is 14.8 Å². The molecule has 1 saturated heterocycles. The maximum atomic E-state index is 13.0. The quantitative estimate of drug-likeness (QED) is 0.940. The van der Waals surface area contributed by atoms with Gasteiger partial charge in [0.1, 0.15) is 0 Å². The fourth-order valence-corrected chi connectivity index (χ4v) is 4.24. The molecule has 2 aliphatic rings. The number of carbonyl (C=O) groups is 1. The summed E-state index contributed by atoms with van der Waals surface area (Å²) in [6, 6.07) is 14.2. The van der Waals surface area contributed by atoms with E-state index in [9.17, 15) is 4.79 Å². The van der Waals surface area contributed by atoms with Gasteiger partial charge >= 0.3 is 0 Å². The molecule has 1 N–H and O–H groups in total. The monoisotopic (exact) mass is 323 g/mol. The van der Waals surface area contributed by atoms with Crippen molar-refractivity contribution in [1.82, 2.24) is 5.32 Å². The van der Waals surface area contributed by atoms with Crippen LogP contribution < -0.4 is 14.8 Å². The summed E-state index contributed by atoms with van der Waals surface area (Å²) in [5.74, 6) is 1.75.